The van der Waals surface area contributed by atoms with Crippen LogP contribution in [0.1, 0.15) is 30.5 Å². The summed E-state index contributed by atoms with van der Waals surface area (Å²) in [5.74, 6) is 0. The lowest BCUT2D eigenvalue weighted by Crippen LogP contribution is -2.36. The molecule has 2 N–H and O–H groups in total. The molecule has 0 heterocycles. The Morgan fingerprint density at radius 1 is 1.19 bits per heavy atom. The summed E-state index contributed by atoms with van der Waals surface area (Å²) in [5, 5.41) is 0. The van der Waals surface area contributed by atoms with Crippen molar-refractivity contribution in [3.8, 4) is 0 Å². The van der Waals surface area contributed by atoms with Gasteiger partial charge in [0, 0.05) is 12.6 Å². The number of hydrogen-bond acceptors (Lipinski definition) is 2. The summed E-state index contributed by atoms with van der Waals surface area (Å²) in [4.78, 5) is 0. The van der Waals surface area contributed by atoms with Crippen molar-refractivity contribution in [1.29, 1.82) is 0 Å². The molecule has 16 heavy (non-hydrogen) atoms. The van der Waals surface area contributed by atoms with Gasteiger partial charge in [0.05, 0.1) is 6.10 Å². The first kappa shape index (κ1) is 13.2. The minimum Gasteiger partial charge on any atom is -0.377 e. The number of ether oxygens (including phenoxy) is 1. The Labute approximate surface area is 98.8 Å². The van der Waals surface area contributed by atoms with Gasteiger partial charge >= 0.3 is 0 Å². The quantitative estimate of drug-likeness (QED) is 0.829. The van der Waals surface area contributed by atoms with Gasteiger partial charge in [-0.2, -0.15) is 0 Å². The van der Waals surface area contributed by atoms with Gasteiger partial charge in [0.15, 0.2) is 0 Å². The molecule has 2 atom stereocenters. The van der Waals surface area contributed by atoms with E-state index in [1.54, 1.807) is 0 Å². The molecule has 0 aliphatic rings. The molecule has 1 aromatic rings. The second kappa shape index (κ2) is 6.02. The van der Waals surface area contributed by atoms with Crippen molar-refractivity contribution in [2.75, 3.05) is 6.61 Å². The fourth-order valence-electron chi connectivity index (χ4n) is 2.01. The zero-order valence-corrected chi connectivity index (χ0v) is 10.8. The molecule has 2 nitrogen and oxygen atoms in total. The van der Waals surface area contributed by atoms with Gasteiger partial charge in [-0.15, -0.1) is 0 Å². The van der Waals surface area contributed by atoms with E-state index in [1.807, 2.05) is 13.8 Å². The largest absolute Gasteiger partial charge is 0.377 e. The minimum atomic E-state index is 0.0705. The van der Waals surface area contributed by atoms with Gasteiger partial charge in [-0.3, -0.25) is 0 Å². The van der Waals surface area contributed by atoms with Crippen molar-refractivity contribution in [1.82, 2.24) is 0 Å². The molecule has 0 amide bonds. The van der Waals surface area contributed by atoms with Crippen LogP contribution in [-0.4, -0.2) is 18.8 Å². The van der Waals surface area contributed by atoms with E-state index in [4.69, 9.17) is 10.5 Å². The summed E-state index contributed by atoms with van der Waals surface area (Å²) in [6.45, 7) is 9.00. The molecule has 90 valence electrons. The molecule has 2 unspecified atom stereocenters. The highest BCUT2D eigenvalue weighted by Crippen LogP contribution is 2.12. The highest BCUT2D eigenvalue weighted by atomic mass is 16.5. The third kappa shape index (κ3) is 3.95. The van der Waals surface area contributed by atoms with Gasteiger partial charge in [0.25, 0.3) is 0 Å². The molecule has 0 aliphatic carbocycles. The zero-order valence-electron chi connectivity index (χ0n) is 10.8. The number of hydrogen-bond donors (Lipinski definition) is 1. The van der Waals surface area contributed by atoms with Gasteiger partial charge in [-0.05, 0) is 39.7 Å². The van der Waals surface area contributed by atoms with Gasteiger partial charge in [0.1, 0.15) is 0 Å². The first-order chi connectivity index (χ1) is 7.52. The van der Waals surface area contributed by atoms with Gasteiger partial charge in [0.2, 0.25) is 0 Å². The number of benzene rings is 1. The van der Waals surface area contributed by atoms with Crippen LogP contribution in [0.4, 0.5) is 0 Å². The minimum absolute atomic E-state index is 0.0705. The molecule has 0 aliphatic heterocycles. The fraction of sp³-hybridized carbons (Fsp3) is 0.571. The van der Waals surface area contributed by atoms with Crippen LogP contribution in [-0.2, 0) is 11.2 Å². The topological polar surface area (TPSA) is 35.2 Å². The van der Waals surface area contributed by atoms with Crippen LogP contribution in [0.2, 0.25) is 0 Å². The predicted molar refractivity (Wildman–Crippen MR) is 68.7 cm³/mol. The number of nitrogens with two attached hydrogens (primary N) is 1. The normalized spacial score (nSPS) is 14.8. The second-order valence-electron chi connectivity index (χ2n) is 4.52. The highest BCUT2D eigenvalue weighted by molar-refractivity contribution is 5.29. The zero-order chi connectivity index (χ0) is 12.1. The van der Waals surface area contributed by atoms with Crippen molar-refractivity contribution in [3.05, 3.63) is 34.9 Å². The standard InChI is InChI=1S/C14H23NO/c1-5-16-12(4)14(15)9-13-7-10(2)6-11(3)8-13/h6-8,12,14H,5,9,15H2,1-4H3. The summed E-state index contributed by atoms with van der Waals surface area (Å²) < 4.78 is 5.51. The van der Waals surface area contributed by atoms with E-state index >= 15 is 0 Å². The van der Waals surface area contributed by atoms with E-state index in [0.29, 0.717) is 0 Å². The van der Waals surface area contributed by atoms with Gasteiger partial charge in [-0.1, -0.05) is 29.3 Å². The van der Waals surface area contributed by atoms with E-state index in [9.17, 15) is 0 Å². The van der Waals surface area contributed by atoms with E-state index in [1.165, 1.54) is 16.7 Å². The summed E-state index contributed by atoms with van der Waals surface area (Å²) in [5.41, 5.74) is 10.0. The van der Waals surface area contributed by atoms with E-state index in [0.717, 1.165) is 13.0 Å². The maximum atomic E-state index is 6.11. The molecular weight excluding hydrogens is 198 g/mol. The van der Waals surface area contributed by atoms with Gasteiger partial charge in [-0.25, -0.2) is 0 Å². The van der Waals surface area contributed by atoms with Crippen LogP contribution in [0.25, 0.3) is 0 Å². The van der Waals surface area contributed by atoms with E-state index < -0.39 is 0 Å². The Morgan fingerprint density at radius 2 is 1.75 bits per heavy atom. The molecule has 0 radical (unpaired) electrons. The van der Waals surface area contributed by atoms with Crippen molar-refractivity contribution < 1.29 is 4.74 Å². The number of rotatable bonds is 5. The maximum absolute atomic E-state index is 6.11. The maximum Gasteiger partial charge on any atom is 0.0700 e. The summed E-state index contributed by atoms with van der Waals surface area (Å²) in [6.07, 6.45) is 0.995. The first-order valence-corrected chi connectivity index (χ1v) is 5.97. The van der Waals surface area contributed by atoms with Gasteiger partial charge < -0.3 is 10.5 Å². The lowest BCUT2D eigenvalue weighted by atomic mass is 9.99. The molecule has 2 heteroatoms. The SMILES string of the molecule is CCOC(C)C(N)Cc1cc(C)cc(C)c1. The molecule has 0 saturated carbocycles. The molecule has 0 spiro atoms. The molecule has 0 aromatic heterocycles. The lowest BCUT2D eigenvalue weighted by molar-refractivity contribution is 0.0577. The summed E-state index contributed by atoms with van der Waals surface area (Å²) in [6, 6.07) is 6.65. The van der Waals surface area contributed by atoms with Crippen LogP contribution in [0.15, 0.2) is 18.2 Å². The Hall–Kier alpha value is -0.860. The van der Waals surface area contributed by atoms with Crippen LogP contribution in [0.5, 0.6) is 0 Å². The lowest BCUT2D eigenvalue weighted by Gasteiger charge is -2.20. The Bertz CT molecular complexity index is 315. The molecule has 0 fully saturated rings. The van der Waals surface area contributed by atoms with Crippen LogP contribution < -0.4 is 5.73 Å². The van der Waals surface area contributed by atoms with Crippen molar-refractivity contribution in [3.63, 3.8) is 0 Å². The Balaban J connectivity index is 2.65. The predicted octanol–water partition coefficient (Wildman–Crippen LogP) is 2.60. The molecular formula is C14H23NO. The average Bonchev–Trinajstić information content (AvgIpc) is 2.16. The summed E-state index contributed by atoms with van der Waals surface area (Å²) >= 11 is 0. The summed E-state index contributed by atoms with van der Waals surface area (Å²) in [7, 11) is 0. The number of aryl methyl sites for hydroxylation is 2. The average molecular weight is 221 g/mol. The van der Waals surface area contributed by atoms with Crippen LogP contribution in [0, 0.1) is 13.8 Å². The third-order valence-corrected chi connectivity index (χ3v) is 2.79. The van der Waals surface area contributed by atoms with Crippen molar-refractivity contribution in [2.45, 2.75) is 46.3 Å². The smallest absolute Gasteiger partial charge is 0.0700 e. The molecule has 0 bridgehead atoms. The molecule has 1 rings (SSSR count). The Morgan fingerprint density at radius 3 is 2.25 bits per heavy atom. The Kier molecular flexibility index (Phi) is 4.97. The highest BCUT2D eigenvalue weighted by Gasteiger charge is 2.13. The van der Waals surface area contributed by atoms with E-state index in [-0.39, 0.29) is 12.1 Å². The molecule has 1 aromatic carbocycles. The molecule has 0 saturated heterocycles. The fourth-order valence-corrected chi connectivity index (χ4v) is 2.01. The van der Waals surface area contributed by atoms with Crippen LogP contribution >= 0.6 is 0 Å². The second-order valence-corrected chi connectivity index (χ2v) is 4.52. The van der Waals surface area contributed by atoms with E-state index in [2.05, 4.69) is 32.0 Å². The third-order valence-electron chi connectivity index (χ3n) is 2.79. The monoisotopic (exact) mass is 221 g/mol. The van der Waals surface area contributed by atoms with Crippen molar-refractivity contribution >= 4 is 0 Å². The van der Waals surface area contributed by atoms with Crippen LogP contribution in [0.3, 0.4) is 0 Å². The van der Waals surface area contributed by atoms with Crippen molar-refractivity contribution in [2.24, 2.45) is 5.73 Å². The first-order valence-electron chi connectivity index (χ1n) is 5.97.